The van der Waals surface area contributed by atoms with E-state index in [1.54, 1.807) is 0 Å². The third kappa shape index (κ3) is 2.27. The molecule has 17 heavy (non-hydrogen) atoms. The fourth-order valence-electron chi connectivity index (χ4n) is 1.17. The molecular weight excluding hydrogens is 247 g/mol. The summed E-state index contributed by atoms with van der Waals surface area (Å²) in [6.45, 7) is 0. The molecule has 0 aromatic heterocycles. The first-order valence-corrected chi connectivity index (χ1v) is 3.97. The van der Waals surface area contributed by atoms with Crippen LogP contribution in [-0.4, -0.2) is 21.1 Å². The van der Waals surface area contributed by atoms with E-state index in [9.17, 15) is 28.1 Å². The van der Waals surface area contributed by atoms with E-state index in [1.807, 2.05) is 0 Å². The minimum Gasteiger partial charge on any atom is -0.501 e. The van der Waals surface area contributed by atoms with Gasteiger partial charge in [-0.1, -0.05) is 0 Å². The van der Waals surface area contributed by atoms with Crippen molar-refractivity contribution in [2.24, 2.45) is 0 Å². The summed E-state index contributed by atoms with van der Waals surface area (Å²) >= 11 is 0. The van der Waals surface area contributed by atoms with Crippen LogP contribution < -0.4 is 0 Å². The van der Waals surface area contributed by atoms with Crippen molar-refractivity contribution in [1.29, 1.82) is 0 Å². The SMILES string of the molecule is O=C(O)c1ccc(C(F)(F)F)c([N+](=O)[O-])c1O. The number of aromatic carboxylic acids is 1. The Hall–Kier alpha value is -2.32. The summed E-state index contributed by atoms with van der Waals surface area (Å²) in [5.41, 5.74) is -4.34. The summed E-state index contributed by atoms with van der Waals surface area (Å²) in [5, 5.41) is 28.1. The summed E-state index contributed by atoms with van der Waals surface area (Å²) in [7, 11) is 0. The lowest BCUT2D eigenvalue weighted by Crippen LogP contribution is -2.11. The van der Waals surface area contributed by atoms with Crippen LogP contribution in [0.1, 0.15) is 15.9 Å². The summed E-state index contributed by atoms with van der Waals surface area (Å²) in [5.74, 6) is -3.28. The number of carboxylic acids is 1. The van der Waals surface area contributed by atoms with Crippen LogP contribution >= 0.6 is 0 Å². The molecule has 0 saturated heterocycles. The molecule has 0 radical (unpaired) electrons. The normalized spacial score (nSPS) is 11.2. The van der Waals surface area contributed by atoms with E-state index in [0.29, 0.717) is 6.07 Å². The molecule has 6 nitrogen and oxygen atoms in total. The van der Waals surface area contributed by atoms with Crippen molar-refractivity contribution in [3.8, 4) is 5.75 Å². The maximum atomic E-state index is 12.4. The number of halogens is 3. The quantitative estimate of drug-likeness (QED) is 0.618. The van der Waals surface area contributed by atoms with Gasteiger partial charge in [-0.3, -0.25) is 10.1 Å². The van der Waals surface area contributed by atoms with Gasteiger partial charge in [0, 0.05) is 0 Å². The molecular formula is C8H4F3NO5. The first-order valence-electron chi connectivity index (χ1n) is 3.97. The molecule has 0 spiro atoms. The number of hydrogen-bond acceptors (Lipinski definition) is 4. The monoisotopic (exact) mass is 251 g/mol. The van der Waals surface area contributed by atoms with Crippen LogP contribution in [-0.2, 0) is 6.18 Å². The van der Waals surface area contributed by atoms with E-state index in [4.69, 9.17) is 10.2 Å². The van der Waals surface area contributed by atoms with Crippen LogP contribution in [0, 0.1) is 10.1 Å². The van der Waals surface area contributed by atoms with Gasteiger partial charge in [0.15, 0.2) is 0 Å². The zero-order valence-electron chi connectivity index (χ0n) is 7.85. The molecule has 0 heterocycles. The zero-order chi connectivity index (χ0) is 13.4. The van der Waals surface area contributed by atoms with Crippen LogP contribution in [0.2, 0.25) is 0 Å². The topological polar surface area (TPSA) is 101 Å². The van der Waals surface area contributed by atoms with Crippen LogP contribution in [0.25, 0.3) is 0 Å². The number of carbonyl (C=O) groups is 1. The van der Waals surface area contributed by atoms with Crippen LogP contribution in [0.4, 0.5) is 18.9 Å². The number of rotatable bonds is 2. The Balaban J connectivity index is 3.63. The summed E-state index contributed by atoms with van der Waals surface area (Å²) < 4.78 is 37.1. The van der Waals surface area contributed by atoms with Gasteiger partial charge in [0.25, 0.3) is 0 Å². The Kier molecular flexibility index (Phi) is 2.94. The summed E-state index contributed by atoms with van der Waals surface area (Å²) in [6.07, 6.45) is -5.06. The third-order valence-electron chi connectivity index (χ3n) is 1.87. The lowest BCUT2D eigenvalue weighted by molar-refractivity contribution is -0.389. The Morgan fingerprint density at radius 2 is 1.88 bits per heavy atom. The number of benzene rings is 1. The highest BCUT2D eigenvalue weighted by Gasteiger charge is 2.41. The molecule has 0 bridgehead atoms. The highest BCUT2D eigenvalue weighted by molar-refractivity contribution is 5.92. The Morgan fingerprint density at radius 1 is 1.35 bits per heavy atom. The molecule has 0 fully saturated rings. The molecule has 2 N–H and O–H groups in total. The third-order valence-corrected chi connectivity index (χ3v) is 1.87. The second-order valence-electron chi connectivity index (χ2n) is 2.92. The molecule has 0 aliphatic carbocycles. The molecule has 92 valence electrons. The average Bonchev–Trinajstić information content (AvgIpc) is 2.14. The van der Waals surface area contributed by atoms with Crippen LogP contribution in [0.15, 0.2) is 12.1 Å². The minimum absolute atomic E-state index is 0.237. The van der Waals surface area contributed by atoms with Crippen molar-refractivity contribution in [3.05, 3.63) is 33.4 Å². The Morgan fingerprint density at radius 3 is 2.24 bits per heavy atom. The predicted octanol–water partition coefficient (Wildman–Crippen LogP) is 2.02. The number of hydrogen-bond donors (Lipinski definition) is 2. The summed E-state index contributed by atoms with van der Waals surface area (Å²) in [6, 6.07) is 0.689. The van der Waals surface area contributed by atoms with E-state index in [1.165, 1.54) is 0 Å². The van der Waals surface area contributed by atoms with Crippen molar-refractivity contribution in [2.45, 2.75) is 6.18 Å². The van der Waals surface area contributed by atoms with E-state index in [2.05, 4.69) is 0 Å². The zero-order valence-corrected chi connectivity index (χ0v) is 7.85. The van der Waals surface area contributed by atoms with Gasteiger partial charge in [0.1, 0.15) is 11.1 Å². The van der Waals surface area contributed by atoms with Crippen molar-refractivity contribution in [3.63, 3.8) is 0 Å². The maximum absolute atomic E-state index is 12.4. The van der Waals surface area contributed by atoms with Gasteiger partial charge in [-0.25, -0.2) is 4.79 Å². The molecule has 0 atom stereocenters. The average molecular weight is 251 g/mol. The molecule has 9 heteroatoms. The number of phenols is 1. The van der Waals surface area contributed by atoms with Gasteiger partial charge in [-0.15, -0.1) is 0 Å². The highest BCUT2D eigenvalue weighted by atomic mass is 19.4. The van der Waals surface area contributed by atoms with Crippen molar-refractivity contribution < 1.29 is 33.1 Å². The lowest BCUT2D eigenvalue weighted by atomic mass is 10.1. The van der Waals surface area contributed by atoms with E-state index in [-0.39, 0.29) is 6.07 Å². The Bertz CT molecular complexity index is 497. The molecule has 0 amide bonds. The Labute approximate surface area is 91.1 Å². The molecule has 0 aliphatic heterocycles. The molecule has 1 aromatic rings. The number of carboxylic acid groups (broad SMARTS) is 1. The fourth-order valence-corrected chi connectivity index (χ4v) is 1.17. The van der Waals surface area contributed by atoms with Crippen molar-refractivity contribution >= 4 is 11.7 Å². The molecule has 0 unspecified atom stereocenters. The van der Waals surface area contributed by atoms with Gasteiger partial charge in [0.2, 0.25) is 5.75 Å². The molecule has 0 saturated carbocycles. The van der Waals surface area contributed by atoms with Gasteiger partial charge < -0.3 is 10.2 Å². The van der Waals surface area contributed by atoms with E-state index in [0.717, 1.165) is 0 Å². The van der Waals surface area contributed by atoms with Gasteiger partial charge >= 0.3 is 17.8 Å². The minimum atomic E-state index is -5.06. The van der Waals surface area contributed by atoms with Crippen molar-refractivity contribution in [1.82, 2.24) is 0 Å². The standard InChI is InChI=1S/C8H4F3NO5/c9-8(10,11)4-2-1-3(7(14)15)6(13)5(4)12(16)17/h1-2,13H,(H,14,15). The second-order valence-corrected chi connectivity index (χ2v) is 2.92. The molecule has 1 rings (SSSR count). The number of alkyl halides is 3. The van der Waals surface area contributed by atoms with Gasteiger partial charge in [-0.05, 0) is 12.1 Å². The lowest BCUT2D eigenvalue weighted by Gasteiger charge is -2.09. The molecule has 1 aromatic carbocycles. The van der Waals surface area contributed by atoms with E-state index < -0.39 is 39.6 Å². The van der Waals surface area contributed by atoms with E-state index >= 15 is 0 Å². The number of nitro benzene ring substituents is 1. The first-order chi connectivity index (χ1) is 7.66. The van der Waals surface area contributed by atoms with Crippen molar-refractivity contribution in [2.75, 3.05) is 0 Å². The maximum Gasteiger partial charge on any atom is 0.423 e. The smallest absolute Gasteiger partial charge is 0.423 e. The first kappa shape index (κ1) is 12.7. The number of aromatic hydroxyl groups is 1. The van der Waals surface area contributed by atoms with Crippen LogP contribution in [0.3, 0.4) is 0 Å². The number of nitro groups is 1. The van der Waals surface area contributed by atoms with Crippen LogP contribution in [0.5, 0.6) is 5.75 Å². The van der Waals surface area contributed by atoms with Gasteiger partial charge in [0.05, 0.1) is 4.92 Å². The number of nitrogens with zero attached hydrogens (tertiary/aromatic N) is 1. The highest BCUT2D eigenvalue weighted by Crippen LogP contribution is 2.42. The summed E-state index contributed by atoms with van der Waals surface area (Å²) in [4.78, 5) is 19.4. The molecule has 0 aliphatic rings. The second kappa shape index (κ2) is 3.92. The van der Waals surface area contributed by atoms with Gasteiger partial charge in [-0.2, -0.15) is 13.2 Å². The predicted molar refractivity (Wildman–Crippen MR) is 46.7 cm³/mol. The fraction of sp³-hybridized carbons (Fsp3) is 0.125. The largest absolute Gasteiger partial charge is 0.501 e.